The van der Waals surface area contributed by atoms with Gasteiger partial charge >= 0.3 is 0 Å². The van der Waals surface area contributed by atoms with Gasteiger partial charge in [-0.15, -0.1) is 0 Å². The molecule has 1 unspecified atom stereocenters. The number of aromatic nitrogens is 3. The molecule has 1 fully saturated rings. The molecule has 35 heavy (non-hydrogen) atoms. The molecule has 1 atom stereocenters. The van der Waals surface area contributed by atoms with E-state index in [1.807, 2.05) is 12.1 Å². The summed E-state index contributed by atoms with van der Waals surface area (Å²) in [6.07, 6.45) is 1.48. The van der Waals surface area contributed by atoms with E-state index in [1.54, 1.807) is 12.1 Å². The molecule has 4 N–H and O–H groups in total. The van der Waals surface area contributed by atoms with Crippen molar-refractivity contribution in [3.05, 3.63) is 60.4 Å². The number of hydrogen-bond acceptors (Lipinski definition) is 10. The average Bonchev–Trinajstić information content (AvgIpc) is 3.28. The summed E-state index contributed by atoms with van der Waals surface area (Å²) in [4.78, 5) is 15.7. The number of sulfonamides is 1. The zero-order valence-electron chi connectivity index (χ0n) is 19.0. The Balaban J connectivity index is 1.31. The summed E-state index contributed by atoms with van der Waals surface area (Å²) in [5, 5.41) is 12.3. The lowest BCUT2D eigenvalue weighted by atomic mass is 10.1. The summed E-state index contributed by atoms with van der Waals surface area (Å²) in [7, 11) is -3.74. The third-order valence-electron chi connectivity index (χ3n) is 5.87. The van der Waals surface area contributed by atoms with Gasteiger partial charge in [-0.05, 0) is 48.9 Å². The normalized spacial score (nSPS) is 15.7. The van der Waals surface area contributed by atoms with E-state index in [2.05, 4.69) is 49.5 Å². The highest BCUT2D eigenvalue weighted by Crippen LogP contribution is 2.33. The molecule has 10 nitrogen and oxygen atoms in total. The first-order chi connectivity index (χ1) is 16.9. The number of fused-ring (bicyclic) bond motifs is 1. The van der Waals surface area contributed by atoms with Crippen molar-refractivity contribution in [1.82, 2.24) is 19.9 Å². The second kappa shape index (κ2) is 9.84. The Labute approximate surface area is 207 Å². The van der Waals surface area contributed by atoms with Crippen molar-refractivity contribution in [2.75, 3.05) is 36.9 Å². The molecule has 0 bridgehead atoms. The predicted molar refractivity (Wildman–Crippen MR) is 137 cm³/mol. The highest BCUT2D eigenvalue weighted by atomic mass is 32.2. The first kappa shape index (κ1) is 23.6. The Morgan fingerprint density at radius 3 is 2.34 bits per heavy atom. The van der Waals surface area contributed by atoms with Crippen LogP contribution in [0.3, 0.4) is 0 Å². The van der Waals surface area contributed by atoms with Crippen LogP contribution in [0.25, 0.3) is 10.3 Å². The number of hydrogen-bond donors (Lipinski definition) is 3. The van der Waals surface area contributed by atoms with E-state index in [0.29, 0.717) is 28.3 Å². The summed E-state index contributed by atoms with van der Waals surface area (Å²) in [5.74, 6) is 0.666. The fraction of sp³-hybridized carbons (Fsp3) is 0.261. The van der Waals surface area contributed by atoms with Crippen molar-refractivity contribution in [3.8, 4) is 0 Å². The molecule has 0 amide bonds. The molecule has 12 heteroatoms. The SMILES string of the molecule is CC(c1ccc(Nc2ncnc3nc(Nc4ccc(S(N)(=O)=O)cc4)sc23)cc1)N1CCOCC1. The lowest BCUT2D eigenvalue weighted by Crippen LogP contribution is -2.37. The summed E-state index contributed by atoms with van der Waals surface area (Å²) in [5.41, 5.74) is 3.42. The molecule has 2 aromatic carbocycles. The Morgan fingerprint density at radius 2 is 1.66 bits per heavy atom. The van der Waals surface area contributed by atoms with Gasteiger partial charge in [-0.3, -0.25) is 4.90 Å². The summed E-state index contributed by atoms with van der Waals surface area (Å²) in [6, 6.07) is 14.8. The molecule has 182 valence electrons. The molecule has 4 aromatic rings. The van der Waals surface area contributed by atoms with E-state index in [1.165, 1.54) is 35.4 Å². The van der Waals surface area contributed by atoms with Crippen molar-refractivity contribution in [3.63, 3.8) is 0 Å². The number of morpholine rings is 1. The van der Waals surface area contributed by atoms with Crippen molar-refractivity contribution < 1.29 is 13.2 Å². The Kier molecular flexibility index (Phi) is 6.62. The second-order valence-corrected chi connectivity index (χ2v) is 10.7. The number of nitrogens with zero attached hydrogens (tertiary/aromatic N) is 4. The van der Waals surface area contributed by atoms with Gasteiger partial charge in [-0.1, -0.05) is 23.5 Å². The van der Waals surface area contributed by atoms with Crippen LogP contribution in [-0.2, 0) is 14.8 Å². The Hall–Kier alpha value is -3.16. The number of ether oxygens (including phenoxy) is 1. The van der Waals surface area contributed by atoms with Gasteiger partial charge in [0.2, 0.25) is 10.0 Å². The molecule has 0 radical (unpaired) electrons. The molecular weight excluding hydrogens is 486 g/mol. The Morgan fingerprint density at radius 1 is 1.00 bits per heavy atom. The molecule has 0 spiro atoms. The summed E-state index contributed by atoms with van der Waals surface area (Å²) >= 11 is 1.40. The van der Waals surface area contributed by atoms with Crippen LogP contribution in [0.4, 0.5) is 22.3 Å². The first-order valence-corrected chi connectivity index (χ1v) is 13.4. The number of benzene rings is 2. The molecule has 2 aromatic heterocycles. The van der Waals surface area contributed by atoms with Gasteiger partial charge in [0.25, 0.3) is 0 Å². The van der Waals surface area contributed by atoms with Crippen LogP contribution in [0.15, 0.2) is 59.8 Å². The van der Waals surface area contributed by atoms with Gasteiger partial charge in [0.15, 0.2) is 16.6 Å². The lowest BCUT2D eigenvalue weighted by Gasteiger charge is -2.32. The topological polar surface area (TPSA) is 135 Å². The average molecular weight is 512 g/mol. The number of thiazole rings is 1. The maximum Gasteiger partial charge on any atom is 0.238 e. The highest BCUT2D eigenvalue weighted by Gasteiger charge is 2.18. The van der Waals surface area contributed by atoms with E-state index in [0.717, 1.165) is 36.7 Å². The van der Waals surface area contributed by atoms with Crippen molar-refractivity contribution in [1.29, 1.82) is 0 Å². The van der Waals surface area contributed by atoms with E-state index in [9.17, 15) is 8.42 Å². The van der Waals surface area contributed by atoms with Gasteiger partial charge in [-0.2, -0.15) is 4.98 Å². The molecule has 1 aliphatic heterocycles. The van der Waals surface area contributed by atoms with E-state index in [-0.39, 0.29) is 4.90 Å². The smallest absolute Gasteiger partial charge is 0.238 e. The fourth-order valence-electron chi connectivity index (χ4n) is 3.90. The van der Waals surface area contributed by atoms with Crippen LogP contribution in [0, 0.1) is 0 Å². The summed E-state index contributed by atoms with van der Waals surface area (Å²) < 4.78 is 29.2. The maximum absolute atomic E-state index is 11.5. The van der Waals surface area contributed by atoms with Gasteiger partial charge in [0.1, 0.15) is 11.0 Å². The van der Waals surface area contributed by atoms with Gasteiger partial charge in [0.05, 0.1) is 18.1 Å². The van der Waals surface area contributed by atoms with Gasteiger partial charge in [0, 0.05) is 30.5 Å². The molecular formula is C23H25N7O3S2. The lowest BCUT2D eigenvalue weighted by molar-refractivity contribution is 0.0198. The number of anilines is 4. The van der Waals surface area contributed by atoms with E-state index >= 15 is 0 Å². The molecule has 3 heterocycles. The Bertz CT molecular complexity index is 1420. The number of nitrogens with one attached hydrogen (secondary N) is 2. The van der Waals surface area contributed by atoms with Crippen LogP contribution in [-0.4, -0.2) is 54.6 Å². The molecule has 1 aliphatic rings. The van der Waals surface area contributed by atoms with E-state index < -0.39 is 10.0 Å². The van der Waals surface area contributed by atoms with Crippen LogP contribution >= 0.6 is 11.3 Å². The molecule has 0 aliphatic carbocycles. The number of primary sulfonamides is 1. The van der Waals surface area contributed by atoms with Crippen molar-refractivity contribution >= 4 is 54.0 Å². The first-order valence-electron chi connectivity index (χ1n) is 11.1. The minimum absolute atomic E-state index is 0.0510. The maximum atomic E-state index is 11.5. The number of rotatable bonds is 7. The van der Waals surface area contributed by atoms with Crippen LogP contribution in [0.5, 0.6) is 0 Å². The number of nitrogens with two attached hydrogens (primary N) is 1. The van der Waals surface area contributed by atoms with Crippen LogP contribution < -0.4 is 15.8 Å². The van der Waals surface area contributed by atoms with Crippen LogP contribution in [0.1, 0.15) is 18.5 Å². The van der Waals surface area contributed by atoms with Gasteiger partial charge in [-0.25, -0.2) is 23.5 Å². The highest BCUT2D eigenvalue weighted by molar-refractivity contribution is 7.89. The largest absolute Gasteiger partial charge is 0.379 e. The quantitative estimate of drug-likeness (QED) is 0.340. The second-order valence-electron chi connectivity index (χ2n) is 8.16. The minimum atomic E-state index is -3.74. The third kappa shape index (κ3) is 5.41. The zero-order chi connectivity index (χ0) is 24.4. The van der Waals surface area contributed by atoms with Crippen molar-refractivity contribution in [2.24, 2.45) is 5.14 Å². The minimum Gasteiger partial charge on any atom is -0.379 e. The summed E-state index contributed by atoms with van der Waals surface area (Å²) in [6.45, 7) is 5.66. The third-order valence-corrected chi connectivity index (χ3v) is 7.77. The standard InChI is InChI=1S/C23H25N7O3S2/c1-15(30-10-12-33-13-11-30)16-2-4-17(5-3-16)27-21-20-22(26-14-25-21)29-23(34-20)28-18-6-8-19(9-7-18)35(24,31)32/h2-9,14-15H,10-13H2,1H3,(H2,24,31,32)(H2,25,26,27,28,29). The predicted octanol–water partition coefficient (Wildman–Crippen LogP) is 3.61. The van der Waals surface area contributed by atoms with Crippen LogP contribution in [0.2, 0.25) is 0 Å². The van der Waals surface area contributed by atoms with Gasteiger partial charge < -0.3 is 15.4 Å². The fourth-order valence-corrected chi connectivity index (χ4v) is 5.30. The monoisotopic (exact) mass is 511 g/mol. The van der Waals surface area contributed by atoms with Crippen molar-refractivity contribution in [2.45, 2.75) is 17.9 Å². The zero-order valence-corrected chi connectivity index (χ0v) is 20.6. The molecule has 1 saturated heterocycles. The molecule has 0 saturated carbocycles. The van der Waals surface area contributed by atoms with E-state index in [4.69, 9.17) is 9.88 Å². The molecule has 5 rings (SSSR count).